The molecule has 1 aromatic carbocycles. The van der Waals surface area contributed by atoms with Gasteiger partial charge < -0.3 is 24.8 Å². The van der Waals surface area contributed by atoms with E-state index in [4.69, 9.17) is 9.47 Å². The Hall–Kier alpha value is -1.63. The molecule has 3 rings (SSSR count). The number of methoxy groups -OCH3 is 1. The van der Waals surface area contributed by atoms with Gasteiger partial charge in [0.15, 0.2) is 0 Å². The quantitative estimate of drug-likeness (QED) is 0.652. The Morgan fingerprint density at radius 3 is 2.59 bits per heavy atom. The molecule has 162 valence electrons. The van der Waals surface area contributed by atoms with Crippen molar-refractivity contribution in [2.75, 3.05) is 40.0 Å². The number of carbonyl (C=O) groups excluding carboxylic acids is 1. The summed E-state index contributed by atoms with van der Waals surface area (Å²) in [5.74, 6) is 1.34. The van der Waals surface area contributed by atoms with Crippen LogP contribution in [0, 0.1) is 5.92 Å². The van der Waals surface area contributed by atoms with E-state index in [1.807, 2.05) is 0 Å². The van der Waals surface area contributed by atoms with Crippen molar-refractivity contribution in [2.24, 2.45) is 5.92 Å². The Morgan fingerprint density at radius 1 is 1.10 bits per heavy atom. The molecule has 1 saturated carbocycles. The number of benzene rings is 1. The first-order chi connectivity index (χ1) is 14.2. The second-order valence-corrected chi connectivity index (χ2v) is 8.42. The first kappa shape index (κ1) is 22.1. The average molecular weight is 405 g/mol. The molecular formula is C23H36N2O4. The van der Waals surface area contributed by atoms with Gasteiger partial charge >= 0.3 is 0 Å². The predicted octanol–water partition coefficient (Wildman–Crippen LogP) is 2.85. The zero-order valence-corrected chi connectivity index (χ0v) is 17.6. The Bertz CT molecular complexity index is 616. The summed E-state index contributed by atoms with van der Waals surface area (Å²) in [6.45, 7) is 3.83. The lowest BCUT2D eigenvalue weighted by atomic mass is 9.89. The van der Waals surface area contributed by atoms with Gasteiger partial charge in [0.05, 0.1) is 18.8 Å². The van der Waals surface area contributed by atoms with Gasteiger partial charge in [-0.15, -0.1) is 0 Å². The van der Waals surface area contributed by atoms with E-state index in [0.717, 1.165) is 38.4 Å². The van der Waals surface area contributed by atoms with E-state index in [-0.39, 0.29) is 11.9 Å². The second-order valence-electron chi connectivity index (χ2n) is 8.42. The highest BCUT2D eigenvalue weighted by molar-refractivity contribution is 5.94. The molecule has 1 aromatic rings. The van der Waals surface area contributed by atoms with Crippen LogP contribution in [0.4, 0.5) is 0 Å². The lowest BCUT2D eigenvalue weighted by Gasteiger charge is -2.31. The number of nitrogens with one attached hydrogen (secondary N) is 1. The minimum absolute atomic E-state index is 0.142. The first-order valence-electron chi connectivity index (χ1n) is 11.1. The smallest absolute Gasteiger partial charge is 0.251 e. The van der Waals surface area contributed by atoms with E-state index in [1.54, 1.807) is 31.4 Å². The van der Waals surface area contributed by atoms with Crippen molar-refractivity contribution >= 4 is 5.91 Å². The van der Waals surface area contributed by atoms with Crippen molar-refractivity contribution in [3.8, 4) is 5.75 Å². The normalized spacial score (nSPS) is 24.1. The van der Waals surface area contributed by atoms with Crippen LogP contribution < -0.4 is 10.1 Å². The molecule has 0 spiro atoms. The Kier molecular flexibility index (Phi) is 8.77. The summed E-state index contributed by atoms with van der Waals surface area (Å²) >= 11 is 0. The molecule has 2 fully saturated rings. The lowest BCUT2D eigenvalue weighted by Crippen LogP contribution is -2.49. The van der Waals surface area contributed by atoms with Crippen molar-refractivity contribution in [3.05, 3.63) is 29.8 Å². The maximum atomic E-state index is 12.7. The van der Waals surface area contributed by atoms with Gasteiger partial charge in [0.1, 0.15) is 12.4 Å². The Morgan fingerprint density at radius 2 is 1.86 bits per heavy atom. The number of nitrogens with zero attached hydrogens (tertiary/aromatic N) is 1. The van der Waals surface area contributed by atoms with Gasteiger partial charge in [-0.3, -0.25) is 4.79 Å². The van der Waals surface area contributed by atoms with Gasteiger partial charge in [-0.2, -0.15) is 0 Å². The van der Waals surface area contributed by atoms with Crippen LogP contribution in [0.15, 0.2) is 24.3 Å². The standard InChI is InChI=1S/C23H36N2O4/c1-28-14-15-29-20-11-9-19(10-12-20)23(27)24-21-17-25(13-5-8-22(21)26)16-18-6-3-2-4-7-18/h9-12,18,21-22,26H,2-8,13-17H2,1H3,(H,24,27)/t21-,22+/m0/s1. The summed E-state index contributed by atoms with van der Waals surface area (Å²) in [7, 11) is 1.63. The molecule has 1 heterocycles. The molecule has 6 nitrogen and oxygen atoms in total. The van der Waals surface area contributed by atoms with Crippen LogP contribution in [0.25, 0.3) is 0 Å². The summed E-state index contributed by atoms with van der Waals surface area (Å²) in [6, 6.07) is 6.89. The van der Waals surface area contributed by atoms with Crippen LogP contribution in [-0.2, 0) is 4.74 Å². The molecule has 0 aromatic heterocycles. The third-order valence-electron chi connectivity index (χ3n) is 6.12. The van der Waals surface area contributed by atoms with E-state index in [1.165, 1.54) is 32.1 Å². The maximum absolute atomic E-state index is 12.7. The van der Waals surface area contributed by atoms with Gasteiger partial charge in [0.2, 0.25) is 0 Å². The molecule has 1 amide bonds. The Labute approximate surface area is 174 Å². The lowest BCUT2D eigenvalue weighted by molar-refractivity contribution is 0.0789. The number of amides is 1. The molecule has 1 aliphatic heterocycles. The summed E-state index contributed by atoms with van der Waals surface area (Å²) < 4.78 is 10.5. The van der Waals surface area contributed by atoms with Crippen molar-refractivity contribution in [1.82, 2.24) is 10.2 Å². The van der Waals surface area contributed by atoms with E-state index in [2.05, 4.69) is 10.2 Å². The fraction of sp³-hybridized carbons (Fsp3) is 0.696. The summed E-state index contributed by atoms with van der Waals surface area (Å²) in [5, 5.41) is 13.6. The maximum Gasteiger partial charge on any atom is 0.251 e. The molecule has 1 aliphatic carbocycles. The summed E-state index contributed by atoms with van der Waals surface area (Å²) in [4.78, 5) is 15.2. The van der Waals surface area contributed by atoms with Gasteiger partial charge in [0, 0.05) is 25.8 Å². The molecule has 0 unspecified atom stereocenters. The van der Waals surface area contributed by atoms with E-state index in [0.29, 0.717) is 24.5 Å². The van der Waals surface area contributed by atoms with Gasteiger partial charge in [-0.05, 0) is 62.4 Å². The average Bonchev–Trinajstić information content (AvgIpc) is 2.90. The molecule has 1 saturated heterocycles. The van der Waals surface area contributed by atoms with Gasteiger partial charge in [-0.1, -0.05) is 19.3 Å². The van der Waals surface area contributed by atoms with E-state index in [9.17, 15) is 9.90 Å². The molecule has 0 bridgehead atoms. The number of hydrogen-bond donors (Lipinski definition) is 2. The van der Waals surface area contributed by atoms with Crippen LogP contribution in [0.3, 0.4) is 0 Å². The van der Waals surface area contributed by atoms with Gasteiger partial charge in [-0.25, -0.2) is 0 Å². The minimum atomic E-state index is -0.494. The number of likely N-dealkylation sites (tertiary alicyclic amines) is 1. The minimum Gasteiger partial charge on any atom is -0.491 e. The molecule has 2 aliphatic rings. The van der Waals surface area contributed by atoms with Crippen LogP contribution in [0.1, 0.15) is 55.3 Å². The number of ether oxygens (including phenoxy) is 2. The van der Waals surface area contributed by atoms with Gasteiger partial charge in [0.25, 0.3) is 5.91 Å². The number of carbonyl (C=O) groups is 1. The van der Waals surface area contributed by atoms with E-state index < -0.39 is 6.10 Å². The fourth-order valence-corrected chi connectivity index (χ4v) is 4.46. The number of hydrogen-bond acceptors (Lipinski definition) is 5. The highest BCUT2D eigenvalue weighted by Gasteiger charge is 2.28. The first-order valence-corrected chi connectivity index (χ1v) is 11.1. The zero-order valence-electron chi connectivity index (χ0n) is 17.6. The highest BCUT2D eigenvalue weighted by Crippen LogP contribution is 2.25. The highest BCUT2D eigenvalue weighted by atomic mass is 16.5. The van der Waals surface area contributed by atoms with Crippen molar-refractivity contribution in [1.29, 1.82) is 0 Å². The van der Waals surface area contributed by atoms with Crippen molar-refractivity contribution in [3.63, 3.8) is 0 Å². The fourth-order valence-electron chi connectivity index (χ4n) is 4.46. The summed E-state index contributed by atoms with van der Waals surface area (Å²) in [6.07, 6.45) is 7.89. The number of aliphatic hydroxyl groups is 1. The van der Waals surface area contributed by atoms with Crippen molar-refractivity contribution < 1.29 is 19.4 Å². The molecule has 0 radical (unpaired) electrons. The molecule has 2 atom stereocenters. The summed E-state index contributed by atoms with van der Waals surface area (Å²) in [5.41, 5.74) is 0.583. The van der Waals surface area contributed by atoms with Crippen LogP contribution in [0.5, 0.6) is 5.75 Å². The second kappa shape index (κ2) is 11.5. The molecule has 6 heteroatoms. The molecule has 29 heavy (non-hydrogen) atoms. The third-order valence-corrected chi connectivity index (χ3v) is 6.12. The number of aliphatic hydroxyl groups excluding tert-OH is 1. The van der Waals surface area contributed by atoms with Crippen LogP contribution in [0.2, 0.25) is 0 Å². The van der Waals surface area contributed by atoms with E-state index >= 15 is 0 Å². The van der Waals surface area contributed by atoms with Crippen molar-refractivity contribution in [2.45, 2.75) is 57.1 Å². The molecule has 2 N–H and O–H groups in total. The van der Waals surface area contributed by atoms with Crippen LogP contribution >= 0.6 is 0 Å². The predicted molar refractivity (Wildman–Crippen MR) is 113 cm³/mol. The molecular weight excluding hydrogens is 368 g/mol. The third kappa shape index (κ3) is 6.98. The monoisotopic (exact) mass is 404 g/mol. The topological polar surface area (TPSA) is 71.0 Å². The zero-order chi connectivity index (χ0) is 20.5. The number of rotatable bonds is 8. The SMILES string of the molecule is COCCOc1ccc(C(=O)N[C@H]2CN(CC3CCCCC3)CCC[C@H]2O)cc1. The Balaban J connectivity index is 1.53. The van der Waals surface area contributed by atoms with Crippen LogP contribution in [-0.4, -0.2) is 68.0 Å². The largest absolute Gasteiger partial charge is 0.491 e.